The van der Waals surface area contributed by atoms with Crippen LogP contribution in [0.4, 0.5) is 0 Å². The molecule has 7 N–H and O–H groups in total. The molecule has 5 unspecified atom stereocenters. The molecule has 0 aliphatic rings. The molecule has 6 nitrogen and oxygen atoms in total. The summed E-state index contributed by atoms with van der Waals surface area (Å²) in [7, 11) is 0. The van der Waals surface area contributed by atoms with Crippen molar-refractivity contribution in [3.63, 3.8) is 0 Å². The molecule has 0 aliphatic carbocycles. The van der Waals surface area contributed by atoms with Crippen LogP contribution in [0.1, 0.15) is 64.2 Å². The third kappa shape index (κ3) is 13.9. The van der Waals surface area contributed by atoms with E-state index in [1.165, 1.54) is 0 Å². The Kier molecular flexibility index (Phi) is 14.0. The zero-order chi connectivity index (χ0) is 17.7. The average molecular weight is 334 g/mol. The largest absolute Gasteiger partial charge is 0.393 e. The highest BCUT2D eigenvalue weighted by Crippen LogP contribution is 2.15. The van der Waals surface area contributed by atoms with Gasteiger partial charge in [-0.3, -0.25) is 0 Å². The van der Waals surface area contributed by atoms with Gasteiger partial charge in [0.05, 0.1) is 30.5 Å². The van der Waals surface area contributed by atoms with Crippen molar-refractivity contribution in [2.45, 2.75) is 94.7 Å². The van der Waals surface area contributed by atoms with Gasteiger partial charge in [-0.2, -0.15) is 0 Å². The first-order valence-corrected chi connectivity index (χ1v) is 8.78. The predicted molar refractivity (Wildman–Crippen MR) is 90.6 cm³/mol. The van der Waals surface area contributed by atoms with Crippen molar-refractivity contribution in [2.75, 3.05) is 6.54 Å². The lowest BCUT2D eigenvalue weighted by molar-refractivity contribution is 0.0691. The van der Waals surface area contributed by atoms with Crippen LogP contribution in [0, 0.1) is 6.92 Å². The van der Waals surface area contributed by atoms with Gasteiger partial charge in [-0.15, -0.1) is 0 Å². The number of hydrogen-bond donors (Lipinski definition) is 6. The van der Waals surface area contributed by atoms with Crippen molar-refractivity contribution in [1.29, 1.82) is 0 Å². The van der Waals surface area contributed by atoms with Gasteiger partial charge in [0.25, 0.3) is 0 Å². The van der Waals surface area contributed by atoms with Crippen molar-refractivity contribution in [1.82, 2.24) is 0 Å². The molecule has 0 amide bonds. The van der Waals surface area contributed by atoms with E-state index in [1.807, 2.05) is 0 Å². The molecule has 6 heteroatoms. The summed E-state index contributed by atoms with van der Waals surface area (Å²) in [6.07, 6.45) is 2.38. The Morgan fingerprint density at radius 2 is 0.783 bits per heavy atom. The van der Waals surface area contributed by atoms with Crippen molar-refractivity contribution in [2.24, 2.45) is 5.73 Å². The SMILES string of the molecule is [CH2]CC(O)CCC(O)CCC(O)CCC(O)CCC(O)CCN. The standard InChI is InChI=1S/C17H36NO5/c1-2-13(19)3-4-14(20)5-6-15(21)7-8-16(22)9-10-17(23)11-12-18/h13-17,19-23H,1-12,18H2. The highest BCUT2D eigenvalue weighted by Gasteiger charge is 2.14. The van der Waals surface area contributed by atoms with Crippen LogP contribution in [-0.2, 0) is 0 Å². The molecule has 0 bridgehead atoms. The normalized spacial score (nSPS) is 18.4. The molecule has 0 saturated carbocycles. The molecule has 0 aromatic rings. The van der Waals surface area contributed by atoms with Crippen LogP contribution in [-0.4, -0.2) is 62.6 Å². The van der Waals surface area contributed by atoms with Crippen molar-refractivity contribution in [3.05, 3.63) is 6.92 Å². The first kappa shape index (κ1) is 22.8. The number of aliphatic hydroxyl groups excluding tert-OH is 5. The van der Waals surface area contributed by atoms with Gasteiger partial charge in [-0.1, -0.05) is 6.92 Å². The summed E-state index contributed by atoms with van der Waals surface area (Å²) >= 11 is 0. The maximum Gasteiger partial charge on any atom is 0.0553 e. The Morgan fingerprint density at radius 1 is 0.522 bits per heavy atom. The minimum Gasteiger partial charge on any atom is -0.393 e. The highest BCUT2D eigenvalue weighted by atomic mass is 16.3. The lowest BCUT2D eigenvalue weighted by atomic mass is 9.98. The molecule has 0 saturated heterocycles. The second-order valence-corrected chi connectivity index (χ2v) is 6.44. The van der Waals surface area contributed by atoms with Gasteiger partial charge in [0.15, 0.2) is 0 Å². The molecular weight excluding hydrogens is 298 g/mol. The molecule has 0 heterocycles. The topological polar surface area (TPSA) is 127 Å². The zero-order valence-electron chi connectivity index (χ0n) is 14.2. The van der Waals surface area contributed by atoms with Gasteiger partial charge in [0, 0.05) is 0 Å². The Hall–Kier alpha value is -0.240. The Balaban J connectivity index is 3.67. The van der Waals surface area contributed by atoms with E-state index in [1.54, 1.807) is 0 Å². The summed E-state index contributed by atoms with van der Waals surface area (Å²) < 4.78 is 0. The van der Waals surface area contributed by atoms with Gasteiger partial charge in [0.1, 0.15) is 0 Å². The summed E-state index contributed by atoms with van der Waals surface area (Å²) in [6, 6.07) is 0. The highest BCUT2D eigenvalue weighted by molar-refractivity contribution is 4.68. The predicted octanol–water partition coefficient (Wildman–Crippen LogP) is 0.485. The van der Waals surface area contributed by atoms with Gasteiger partial charge in [0.2, 0.25) is 0 Å². The Labute approximate surface area is 140 Å². The number of hydrogen-bond acceptors (Lipinski definition) is 6. The van der Waals surface area contributed by atoms with E-state index < -0.39 is 30.5 Å². The van der Waals surface area contributed by atoms with Gasteiger partial charge in [-0.05, 0) is 70.8 Å². The van der Waals surface area contributed by atoms with Gasteiger partial charge >= 0.3 is 0 Å². The second-order valence-electron chi connectivity index (χ2n) is 6.44. The molecule has 5 atom stereocenters. The quantitative estimate of drug-likeness (QED) is 0.259. The second kappa shape index (κ2) is 14.1. The van der Waals surface area contributed by atoms with E-state index in [2.05, 4.69) is 6.92 Å². The molecule has 0 spiro atoms. The molecule has 0 fully saturated rings. The first-order chi connectivity index (χ1) is 10.9. The summed E-state index contributed by atoms with van der Waals surface area (Å²) in [5, 5.41) is 48.4. The maximum absolute atomic E-state index is 9.88. The molecule has 0 rings (SSSR count). The summed E-state index contributed by atoms with van der Waals surface area (Å²) in [5.41, 5.74) is 5.34. The molecule has 0 aromatic carbocycles. The fraction of sp³-hybridized carbons (Fsp3) is 0.941. The van der Waals surface area contributed by atoms with Crippen LogP contribution in [0.2, 0.25) is 0 Å². The molecule has 1 radical (unpaired) electrons. The van der Waals surface area contributed by atoms with Crippen LogP contribution < -0.4 is 5.73 Å². The Morgan fingerprint density at radius 3 is 1.04 bits per heavy atom. The maximum atomic E-state index is 9.88. The lowest BCUT2D eigenvalue weighted by Crippen LogP contribution is -2.19. The molecule has 0 aromatic heterocycles. The monoisotopic (exact) mass is 334 g/mol. The lowest BCUT2D eigenvalue weighted by Gasteiger charge is -2.17. The number of rotatable bonds is 15. The summed E-state index contributed by atoms with van der Waals surface area (Å²) in [6.45, 7) is 4.03. The number of nitrogens with two attached hydrogens (primary N) is 1. The molecule has 0 aliphatic heterocycles. The molecule has 23 heavy (non-hydrogen) atoms. The van der Waals surface area contributed by atoms with Crippen molar-refractivity contribution in [3.8, 4) is 0 Å². The van der Waals surface area contributed by atoms with E-state index in [0.29, 0.717) is 70.8 Å². The third-order valence-electron chi connectivity index (χ3n) is 4.17. The van der Waals surface area contributed by atoms with Crippen LogP contribution in [0.25, 0.3) is 0 Å². The molecule has 139 valence electrons. The van der Waals surface area contributed by atoms with Gasteiger partial charge < -0.3 is 31.3 Å². The minimum atomic E-state index is -0.550. The molecular formula is C17H36NO5. The zero-order valence-corrected chi connectivity index (χ0v) is 14.2. The Bertz CT molecular complexity index is 267. The van der Waals surface area contributed by atoms with Crippen molar-refractivity contribution >= 4 is 0 Å². The fourth-order valence-electron chi connectivity index (χ4n) is 2.45. The minimum absolute atomic E-state index is 0.435. The smallest absolute Gasteiger partial charge is 0.0553 e. The van der Waals surface area contributed by atoms with Gasteiger partial charge in [-0.25, -0.2) is 0 Å². The van der Waals surface area contributed by atoms with E-state index in [0.717, 1.165) is 0 Å². The van der Waals surface area contributed by atoms with Crippen LogP contribution in [0.5, 0.6) is 0 Å². The van der Waals surface area contributed by atoms with E-state index in [-0.39, 0.29) is 0 Å². The average Bonchev–Trinajstić information content (AvgIpc) is 2.54. The third-order valence-corrected chi connectivity index (χ3v) is 4.17. The van der Waals surface area contributed by atoms with Crippen LogP contribution in [0.15, 0.2) is 0 Å². The summed E-state index contributed by atoms with van der Waals surface area (Å²) in [4.78, 5) is 0. The van der Waals surface area contributed by atoms with E-state index in [9.17, 15) is 25.5 Å². The van der Waals surface area contributed by atoms with E-state index in [4.69, 9.17) is 5.73 Å². The van der Waals surface area contributed by atoms with Crippen LogP contribution >= 0.6 is 0 Å². The van der Waals surface area contributed by atoms with Crippen LogP contribution in [0.3, 0.4) is 0 Å². The van der Waals surface area contributed by atoms with E-state index >= 15 is 0 Å². The summed E-state index contributed by atoms with van der Waals surface area (Å²) in [5.74, 6) is 0. The fourth-order valence-corrected chi connectivity index (χ4v) is 2.45. The first-order valence-electron chi connectivity index (χ1n) is 8.78. The number of aliphatic hydroxyl groups is 5. The van der Waals surface area contributed by atoms with Crippen molar-refractivity contribution < 1.29 is 25.5 Å².